The molecule has 1 fully saturated rings. The van der Waals surface area contributed by atoms with Crippen molar-refractivity contribution >= 4 is 33.2 Å². The maximum Gasteiger partial charge on any atom is 0.132 e. The lowest BCUT2D eigenvalue weighted by atomic mass is 10.1. The SMILES string of the molecule is Cc1cccn2c(C3CCSC3)nc(Br)c12. The Bertz CT molecular complexity index is 529. The summed E-state index contributed by atoms with van der Waals surface area (Å²) < 4.78 is 3.23. The van der Waals surface area contributed by atoms with Crippen molar-refractivity contribution in [3.05, 3.63) is 34.3 Å². The predicted octanol–water partition coefficient (Wildman–Crippen LogP) is 3.63. The number of aryl methyl sites for hydroxylation is 1. The molecule has 0 saturated carbocycles. The van der Waals surface area contributed by atoms with Gasteiger partial charge in [0.2, 0.25) is 0 Å². The number of thioether (sulfide) groups is 1. The highest BCUT2D eigenvalue weighted by Crippen LogP contribution is 2.34. The molecule has 4 heteroatoms. The van der Waals surface area contributed by atoms with Crippen LogP contribution in [0.3, 0.4) is 0 Å². The van der Waals surface area contributed by atoms with Crippen molar-refractivity contribution in [2.45, 2.75) is 19.3 Å². The van der Waals surface area contributed by atoms with Gasteiger partial charge in [-0.1, -0.05) is 6.07 Å². The van der Waals surface area contributed by atoms with Crippen molar-refractivity contribution in [1.82, 2.24) is 9.38 Å². The number of fused-ring (bicyclic) bond motifs is 1. The number of nitrogens with zero attached hydrogens (tertiary/aromatic N) is 2. The van der Waals surface area contributed by atoms with E-state index in [1.54, 1.807) is 0 Å². The van der Waals surface area contributed by atoms with E-state index in [4.69, 9.17) is 4.98 Å². The summed E-state index contributed by atoms with van der Waals surface area (Å²) in [6, 6.07) is 4.23. The van der Waals surface area contributed by atoms with Crippen LogP contribution in [0.15, 0.2) is 22.9 Å². The Balaban J connectivity index is 2.22. The summed E-state index contributed by atoms with van der Waals surface area (Å²) in [5.41, 5.74) is 2.49. The Hall–Kier alpha value is -0.480. The average Bonchev–Trinajstić information content (AvgIpc) is 2.86. The molecule has 16 heavy (non-hydrogen) atoms. The maximum absolute atomic E-state index is 4.70. The van der Waals surface area contributed by atoms with Crippen molar-refractivity contribution in [1.29, 1.82) is 0 Å². The fraction of sp³-hybridized carbons (Fsp3) is 0.417. The first kappa shape index (κ1) is 10.7. The molecule has 0 radical (unpaired) electrons. The number of rotatable bonds is 1. The molecule has 2 aromatic rings. The quantitative estimate of drug-likeness (QED) is 0.799. The minimum Gasteiger partial charge on any atom is -0.302 e. The third kappa shape index (κ3) is 1.59. The normalized spacial score (nSPS) is 20.8. The van der Waals surface area contributed by atoms with E-state index in [-0.39, 0.29) is 0 Å². The van der Waals surface area contributed by atoms with Gasteiger partial charge in [-0.2, -0.15) is 11.8 Å². The van der Waals surface area contributed by atoms with E-state index in [0.717, 1.165) is 4.60 Å². The molecule has 1 saturated heterocycles. The van der Waals surface area contributed by atoms with E-state index in [2.05, 4.69) is 45.6 Å². The predicted molar refractivity (Wildman–Crippen MR) is 72.3 cm³/mol. The van der Waals surface area contributed by atoms with Crippen molar-refractivity contribution in [2.75, 3.05) is 11.5 Å². The fourth-order valence-electron chi connectivity index (χ4n) is 2.30. The van der Waals surface area contributed by atoms with Crippen LogP contribution in [0.2, 0.25) is 0 Å². The van der Waals surface area contributed by atoms with Crippen molar-refractivity contribution in [2.24, 2.45) is 0 Å². The molecule has 2 nitrogen and oxygen atoms in total. The van der Waals surface area contributed by atoms with Crippen LogP contribution >= 0.6 is 27.7 Å². The molecule has 1 unspecified atom stereocenters. The smallest absolute Gasteiger partial charge is 0.132 e. The van der Waals surface area contributed by atoms with Crippen LogP contribution in [-0.2, 0) is 0 Å². The Kier molecular flexibility index (Phi) is 2.72. The van der Waals surface area contributed by atoms with Crippen LogP contribution in [0.1, 0.15) is 23.7 Å². The summed E-state index contributed by atoms with van der Waals surface area (Å²) in [6.45, 7) is 2.13. The average molecular weight is 297 g/mol. The van der Waals surface area contributed by atoms with Gasteiger partial charge in [0.15, 0.2) is 0 Å². The highest BCUT2D eigenvalue weighted by atomic mass is 79.9. The van der Waals surface area contributed by atoms with Crippen LogP contribution in [0.25, 0.3) is 5.52 Å². The second-order valence-corrected chi connectivity index (χ2v) is 6.13. The molecule has 0 spiro atoms. The van der Waals surface area contributed by atoms with Gasteiger partial charge < -0.3 is 4.40 Å². The standard InChI is InChI=1S/C12H13BrN2S/c1-8-3-2-5-15-10(8)11(13)14-12(15)9-4-6-16-7-9/h2-3,5,9H,4,6-7H2,1H3. The topological polar surface area (TPSA) is 17.3 Å². The Morgan fingerprint density at radius 2 is 2.44 bits per heavy atom. The number of halogens is 1. The Morgan fingerprint density at radius 1 is 1.56 bits per heavy atom. The Labute approximate surface area is 108 Å². The highest BCUT2D eigenvalue weighted by Gasteiger charge is 2.23. The number of hydrogen-bond acceptors (Lipinski definition) is 2. The number of imidazole rings is 1. The molecular weight excluding hydrogens is 284 g/mol. The molecule has 1 atom stereocenters. The monoisotopic (exact) mass is 296 g/mol. The van der Waals surface area contributed by atoms with Gasteiger partial charge in [-0.15, -0.1) is 0 Å². The highest BCUT2D eigenvalue weighted by molar-refractivity contribution is 9.10. The summed E-state index contributed by atoms with van der Waals surface area (Å²) in [5.74, 6) is 4.31. The molecule has 1 aliphatic heterocycles. The molecule has 0 N–H and O–H groups in total. The third-order valence-corrected chi connectivity index (χ3v) is 4.86. The molecule has 3 heterocycles. The second kappa shape index (κ2) is 4.08. The van der Waals surface area contributed by atoms with E-state index in [1.807, 2.05) is 11.8 Å². The first-order valence-corrected chi connectivity index (χ1v) is 7.43. The van der Waals surface area contributed by atoms with Gasteiger partial charge in [0.05, 0.1) is 5.52 Å². The van der Waals surface area contributed by atoms with Crippen LogP contribution in [0, 0.1) is 6.92 Å². The Morgan fingerprint density at radius 3 is 3.19 bits per heavy atom. The van der Waals surface area contributed by atoms with Gasteiger partial charge in [0, 0.05) is 17.9 Å². The lowest BCUT2D eigenvalue weighted by Crippen LogP contribution is -2.03. The zero-order valence-electron chi connectivity index (χ0n) is 9.11. The largest absolute Gasteiger partial charge is 0.302 e. The minimum atomic E-state index is 0.616. The van der Waals surface area contributed by atoms with Crippen molar-refractivity contribution in [3.63, 3.8) is 0 Å². The van der Waals surface area contributed by atoms with Crippen LogP contribution < -0.4 is 0 Å². The molecule has 3 rings (SSSR count). The first-order valence-electron chi connectivity index (χ1n) is 5.48. The second-order valence-electron chi connectivity index (χ2n) is 4.23. The summed E-state index contributed by atoms with van der Waals surface area (Å²) >= 11 is 5.61. The molecule has 0 aromatic carbocycles. The summed E-state index contributed by atoms with van der Waals surface area (Å²) in [6.07, 6.45) is 3.38. The first-order chi connectivity index (χ1) is 7.77. The van der Waals surface area contributed by atoms with Crippen LogP contribution in [-0.4, -0.2) is 20.9 Å². The summed E-state index contributed by atoms with van der Waals surface area (Å²) in [7, 11) is 0. The van der Waals surface area contributed by atoms with E-state index in [0.29, 0.717) is 5.92 Å². The van der Waals surface area contributed by atoms with Gasteiger partial charge in [0.1, 0.15) is 10.4 Å². The van der Waals surface area contributed by atoms with Crippen molar-refractivity contribution < 1.29 is 0 Å². The molecule has 1 aliphatic rings. The van der Waals surface area contributed by atoms with E-state index < -0.39 is 0 Å². The third-order valence-electron chi connectivity index (χ3n) is 3.15. The minimum absolute atomic E-state index is 0.616. The van der Waals surface area contributed by atoms with E-state index >= 15 is 0 Å². The zero-order valence-corrected chi connectivity index (χ0v) is 11.5. The number of aromatic nitrogens is 2. The molecule has 0 amide bonds. The summed E-state index contributed by atoms with van der Waals surface area (Å²) in [4.78, 5) is 4.70. The van der Waals surface area contributed by atoms with Crippen LogP contribution in [0.5, 0.6) is 0 Å². The molecule has 0 bridgehead atoms. The van der Waals surface area contributed by atoms with E-state index in [1.165, 1.54) is 34.8 Å². The number of hydrogen-bond donors (Lipinski definition) is 0. The lowest BCUT2D eigenvalue weighted by Gasteiger charge is -2.07. The van der Waals surface area contributed by atoms with E-state index in [9.17, 15) is 0 Å². The fourth-order valence-corrected chi connectivity index (χ4v) is 4.21. The zero-order chi connectivity index (χ0) is 11.1. The van der Waals surface area contributed by atoms with Gasteiger partial charge in [0.25, 0.3) is 0 Å². The lowest BCUT2D eigenvalue weighted by molar-refractivity contribution is 0.712. The van der Waals surface area contributed by atoms with Gasteiger partial charge in [-0.3, -0.25) is 0 Å². The molecule has 84 valence electrons. The van der Waals surface area contributed by atoms with Gasteiger partial charge in [-0.25, -0.2) is 4.98 Å². The van der Waals surface area contributed by atoms with Crippen LogP contribution in [0.4, 0.5) is 0 Å². The molecule has 0 aliphatic carbocycles. The molecular formula is C12H13BrN2S. The maximum atomic E-state index is 4.70. The van der Waals surface area contributed by atoms with Gasteiger partial charge in [-0.05, 0) is 46.7 Å². The van der Waals surface area contributed by atoms with Crippen molar-refractivity contribution in [3.8, 4) is 0 Å². The summed E-state index contributed by atoms with van der Waals surface area (Å²) in [5, 5.41) is 0. The number of pyridine rings is 1. The molecule has 2 aromatic heterocycles. The van der Waals surface area contributed by atoms with Gasteiger partial charge >= 0.3 is 0 Å².